The molecule has 107 heavy (non-hydrogen) atoms. The summed E-state index contributed by atoms with van der Waals surface area (Å²) >= 11 is 9.37. The zero-order valence-electron chi connectivity index (χ0n) is 60.8. The molecule has 0 heterocycles. The minimum absolute atomic E-state index is 0. The molecule has 0 aromatic rings. The van der Waals surface area contributed by atoms with Gasteiger partial charge in [-0.25, -0.2) is 32.9 Å². The van der Waals surface area contributed by atoms with Crippen molar-refractivity contribution in [3.8, 4) is 0 Å². The van der Waals surface area contributed by atoms with Crippen LogP contribution in [0.1, 0.15) is 210 Å². The first-order valence-corrected chi connectivity index (χ1v) is 33.9. The number of ketones is 4. The quantitative estimate of drug-likeness (QED) is 0.0177. The summed E-state index contributed by atoms with van der Waals surface area (Å²) < 4.78 is 70.6. The third kappa shape index (κ3) is 124. The van der Waals surface area contributed by atoms with Gasteiger partial charge in [-0.1, -0.05) is 66.8 Å². The van der Waals surface area contributed by atoms with Crippen molar-refractivity contribution in [2.24, 2.45) is 31.7 Å². The van der Waals surface area contributed by atoms with E-state index in [4.69, 9.17) is 73.6 Å². The number of aliphatic imine (C=N–C) groups is 1. The van der Waals surface area contributed by atoms with Gasteiger partial charge in [-0.2, -0.15) is 0 Å². The molecule has 38 nitrogen and oxygen atoms in total. The van der Waals surface area contributed by atoms with Gasteiger partial charge in [-0.05, 0) is 130 Å². The number of carboxylic acid groups (broad SMARTS) is 1. The molecular weight excluding hydrogens is 1740 g/mol. The molecule has 15 N–H and O–H groups in total. The number of carbonyl (C=O) groups is 9. The van der Waals surface area contributed by atoms with Crippen molar-refractivity contribution >= 4 is 128 Å². The second-order valence-electron chi connectivity index (χ2n) is 23.1. The molecule has 3 radical (unpaired) electrons. The van der Waals surface area contributed by atoms with Crippen molar-refractivity contribution < 1.29 is 207 Å². The van der Waals surface area contributed by atoms with Crippen molar-refractivity contribution in [1.82, 2.24) is 40.9 Å². The van der Waals surface area contributed by atoms with Crippen LogP contribution in [0.25, 0.3) is 0 Å². The van der Waals surface area contributed by atoms with Gasteiger partial charge in [0.2, 0.25) is 17.9 Å². The van der Waals surface area contributed by atoms with E-state index < -0.39 is 75.2 Å². The Kier molecular flexibility index (Phi) is 111. The molecule has 3 unspecified atom stereocenters. The van der Waals surface area contributed by atoms with Crippen molar-refractivity contribution in [2.45, 2.75) is 232 Å². The molecule has 3 atom stereocenters. The summed E-state index contributed by atoms with van der Waals surface area (Å²) in [5.41, 5.74) is 13.2. The van der Waals surface area contributed by atoms with Crippen molar-refractivity contribution in [1.29, 1.82) is 5.41 Å². The third-order valence-electron chi connectivity index (χ3n) is 8.93. The Morgan fingerprint density at radius 2 is 0.729 bits per heavy atom. The maximum absolute atomic E-state index is 11.9. The van der Waals surface area contributed by atoms with Crippen LogP contribution in [0, 0.1) is 5.41 Å². The first-order chi connectivity index (χ1) is 42.5. The largest absolute Gasteiger partial charge is 0.481 e. The molecule has 0 saturated carbocycles. The van der Waals surface area contributed by atoms with Gasteiger partial charge in [0, 0.05) is 217 Å². The molecule has 0 aliphatic rings. The van der Waals surface area contributed by atoms with Gasteiger partial charge in [-0.3, -0.25) is 54.4 Å². The number of carboxylic acids is 1. The van der Waals surface area contributed by atoms with Crippen molar-refractivity contribution in [3.05, 3.63) is 0 Å². The molecule has 0 aromatic carbocycles. The Labute approximate surface area is 728 Å². The predicted octanol–water partition coefficient (Wildman–Crippen LogP) is 11.1. The molecule has 0 aromatic heterocycles. The predicted molar refractivity (Wildman–Crippen MR) is 424 cm³/mol. The van der Waals surface area contributed by atoms with E-state index in [2.05, 4.69) is 60.6 Å². The number of nitrogens with one attached hydrogen (secondary N) is 5. The second kappa shape index (κ2) is 78.1. The van der Waals surface area contributed by atoms with Gasteiger partial charge in [-0.15, -0.1) is 14.5 Å². The van der Waals surface area contributed by atoms with Gasteiger partial charge in [0.05, 0.1) is 6.42 Å². The molecule has 0 aliphatic heterocycles. The van der Waals surface area contributed by atoms with E-state index in [1.54, 1.807) is 111 Å². The molecular formula is C61H143ClN15O23P3SY3. The monoisotopic (exact) mass is 1880 g/mol. The van der Waals surface area contributed by atoms with Crippen LogP contribution in [0.3, 0.4) is 0 Å². The van der Waals surface area contributed by atoms with Crippen molar-refractivity contribution in [3.63, 3.8) is 0 Å². The standard InChI is InChI=1S/C16H29N3O5.C11H20N2O4S.C7H16N3O4P.C6H14N3O5P.C6H13N3O.C5H11NO.CH4ClO3P.9CH4.3Y/c1-11(20)9-10-19(8)12(17-13(21)23-15(2,3)4)18-14(22)24-16(5,6)7;1-10(2,3)16-8(14)12-7(18)13-9(15)17-11(4,5)6;1-6(11)4-5-10(2)7(8)9-15(12,13)14-3;1-9(4-3-5(10)11)6(7)8-15(12,13)14-2;1-5(10)3-4-9(2)6(7)8;1-5(7)3-4-6-2;1-5-6(2,3)4;;;;;;;;;;;;/h9-10H2,1-8H3,(H,17,18,21,22);1-6H3,(H2,12,13,14,15,18);4-5H2,1-3H3,(H3,8,9,12,13);3-4H2,1-2H3,(H,10,11)(H3,7,8,12,13);3-4H2,1-2H3,(H3,7,8);6H,3-4H2,1-2H3;1H3,(H,3,4);9*1H4;;;. The SMILES string of the molecule is C.C.C.C.C.C.C.C.C.CC(=O)CCN(C)C(=N)N.CC(=O)CCN(C)C(=NC(=O)OC(C)(C)C)NC(=O)OC(C)(C)C.CC(C)(C)OC(=O)NC(=S)NC(=O)OC(C)(C)C.CNCCC(C)=O.COP(=O)(O)Cl.COP(=O)(O)N=C(N)N(C)CCC(=O)O.COP(=O)(O)N=C(N)N(C)CCC(C)=O.[Y].[Y].[Y]. The summed E-state index contributed by atoms with van der Waals surface area (Å²) in [7, 11) is 3.24. The van der Waals surface area contributed by atoms with Gasteiger partial charge in [0.15, 0.2) is 11.1 Å². The van der Waals surface area contributed by atoms with E-state index in [1.807, 2.05) is 7.05 Å². The minimum atomic E-state index is -4.06. The Morgan fingerprint density at radius 1 is 0.477 bits per heavy atom. The van der Waals surface area contributed by atoms with Crippen LogP contribution in [-0.2, 0) is 168 Å². The fourth-order valence-electron chi connectivity index (χ4n) is 4.29. The normalized spacial score (nSPS) is 11.7. The summed E-state index contributed by atoms with van der Waals surface area (Å²) in [6, 6.07) is 0. The number of rotatable bonds is 20. The zero-order valence-corrected chi connectivity index (χ0v) is 73.6. The fourth-order valence-corrected chi connectivity index (χ4v) is 5.44. The number of amides is 4. The van der Waals surface area contributed by atoms with E-state index in [0.29, 0.717) is 32.4 Å². The Hall–Kier alpha value is -3.19. The average molecular weight is 1880 g/mol. The number of carbonyl (C=O) groups excluding carboxylic acids is 8. The second-order valence-corrected chi connectivity index (χ2v) is 29.2. The molecule has 637 valence electrons. The topological polar surface area (TPSA) is 550 Å². The van der Waals surface area contributed by atoms with Crippen LogP contribution in [0.5, 0.6) is 0 Å². The number of Topliss-reactive ketones (excluding diaryl/α,β-unsaturated/α-hetero) is 4. The summed E-state index contributed by atoms with van der Waals surface area (Å²) in [6.07, 6.45) is -1.55. The van der Waals surface area contributed by atoms with E-state index >= 15 is 0 Å². The van der Waals surface area contributed by atoms with Crippen LogP contribution >= 0.6 is 45.9 Å². The number of nitrogens with two attached hydrogens (primary N) is 3. The third-order valence-corrected chi connectivity index (χ3v) is 11.9. The van der Waals surface area contributed by atoms with E-state index in [-0.39, 0.29) is 243 Å². The molecule has 0 saturated heterocycles. The van der Waals surface area contributed by atoms with Crippen LogP contribution in [0.15, 0.2) is 14.5 Å². The number of guanidine groups is 4. The van der Waals surface area contributed by atoms with Crippen LogP contribution in [0.2, 0.25) is 0 Å². The number of hydrogen-bond acceptors (Lipinski definition) is 22. The number of thiocarbonyl (C=S) groups is 1. The Bertz CT molecular complexity index is 2610. The minimum Gasteiger partial charge on any atom is -0.481 e. The van der Waals surface area contributed by atoms with Gasteiger partial charge < -0.3 is 85.4 Å². The molecule has 0 rings (SSSR count). The maximum Gasteiger partial charge on any atom is 0.454 e. The maximum atomic E-state index is 11.9. The molecule has 0 spiro atoms. The van der Waals surface area contributed by atoms with E-state index in [0.717, 1.165) is 27.9 Å². The Morgan fingerprint density at radius 3 is 0.944 bits per heavy atom. The van der Waals surface area contributed by atoms with E-state index in [9.17, 15) is 56.8 Å². The summed E-state index contributed by atoms with van der Waals surface area (Å²) in [4.78, 5) is 134. The smallest absolute Gasteiger partial charge is 0.454 e. The zero-order chi connectivity index (χ0) is 76.9. The number of nitrogens with zero attached hydrogens (tertiary/aromatic N) is 7. The fraction of sp³-hybridized carbons (Fsp3) is 0.770. The number of hydrogen-bond donors (Lipinski definition) is 12. The van der Waals surface area contributed by atoms with Crippen LogP contribution < -0.4 is 38.5 Å². The number of aliphatic carboxylic acids is 1. The van der Waals surface area contributed by atoms with E-state index in [1.165, 1.54) is 47.4 Å². The Balaban J connectivity index is -0.0000000505. The average Bonchev–Trinajstić information content (AvgIpc) is 0.902. The molecule has 0 bridgehead atoms. The summed E-state index contributed by atoms with van der Waals surface area (Å²) in [5, 5.41) is 24.9. The number of ether oxygens (including phenoxy) is 4. The van der Waals surface area contributed by atoms with Crippen molar-refractivity contribution in [2.75, 3.05) is 89.3 Å². The molecule has 4 amide bonds. The van der Waals surface area contributed by atoms with Gasteiger partial charge in [0.25, 0.3) is 0 Å². The van der Waals surface area contributed by atoms with Crippen LogP contribution in [-0.4, -0.2) is 234 Å². The first-order valence-electron chi connectivity index (χ1n) is 28.0. The summed E-state index contributed by atoms with van der Waals surface area (Å²) in [6.45, 7) is 25.0. The number of alkyl carbamates (subject to hydrolysis) is 3. The number of halogens is 1. The van der Waals surface area contributed by atoms with Gasteiger partial charge in [0.1, 0.15) is 45.5 Å². The van der Waals surface area contributed by atoms with Crippen LogP contribution in [0.4, 0.5) is 19.2 Å². The molecule has 46 heteroatoms. The molecule has 0 fully saturated rings. The van der Waals surface area contributed by atoms with Gasteiger partial charge >= 0.3 is 52.8 Å². The molecule has 0 aliphatic carbocycles. The summed E-state index contributed by atoms with van der Waals surface area (Å²) in [5.74, 6) is -1.06. The first kappa shape index (κ1) is 153.